The van der Waals surface area contributed by atoms with Gasteiger partial charge in [0.25, 0.3) is 5.91 Å². The summed E-state index contributed by atoms with van der Waals surface area (Å²) >= 11 is 1.24. The first kappa shape index (κ1) is 22.7. The van der Waals surface area contributed by atoms with E-state index >= 15 is 0 Å². The van der Waals surface area contributed by atoms with Crippen LogP contribution >= 0.6 is 11.8 Å². The molecule has 1 aliphatic heterocycles. The number of piperidine rings is 1. The highest BCUT2D eigenvalue weighted by Crippen LogP contribution is 2.16. The van der Waals surface area contributed by atoms with Crippen molar-refractivity contribution >= 4 is 35.2 Å². The molecule has 3 rings (SSSR count). The van der Waals surface area contributed by atoms with Gasteiger partial charge in [0.2, 0.25) is 17.0 Å². The van der Waals surface area contributed by atoms with Gasteiger partial charge in [0.15, 0.2) is 0 Å². The van der Waals surface area contributed by atoms with E-state index in [-0.39, 0.29) is 35.4 Å². The maximum atomic E-state index is 12.5. The third-order valence-electron chi connectivity index (χ3n) is 4.98. The van der Waals surface area contributed by atoms with E-state index < -0.39 is 0 Å². The van der Waals surface area contributed by atoms with Gasteiger partial charge in [-0.1, -0.05) is 25.6 Å². The number of carbonyl (C=O) groups is 3. The van der Waals surface area contributed by atoms with Crippen LogP contribution in [0.5, 0.6) is 0 Å². The van der Waals surface area contributed by atoms with E-state index in [2.05, 4.69) is 26.2 Å². The van der Waals surface area contributed by atoms with Crippen molar-refractivity contribution in [2.45, 2.75) is 37.9 Å². The average Bonchev–Trinajstić information content (AvgIpc) is 3.17. The zero-order chi connectivity index (χ0) is 22.4. The lowest BCUT2D eigenvalue weighted by Crippen LogP contribution is -2.47. The molecule has 1 fully saturated rings. The fourth-order valence-corrected chi connectivity index (χ4v) is 3.90. The first-order chi connectivity index (χ1) is 14.8. The Labute approximate surface area is 185 Å². The quantitative estimate of drug-likeness (QED) is 0.616. The number of hydrogen-bond donors (Lipinski definition) is 2. The fourth-order valence-electron chi connectivity index (χ4n) is 3.25. The summed E-state index contributed by atoms with van der Waals surface area (Å²) in [5.74, 6) is -0.0135. The molecule has 1 aromatic carbocycles. The third kappa shape index (κ3) is 6.27. The Bertz CT molecular complexity index is 921. The molecular formula is C20H27N7O3S. The number of likely N-dealkylation sites (tertiary alicyclic amines) is 1. The minimum absolute atomic E-state index is 0.00688. The van der Waals surface area contributed by atoms with Crippen LogP contribution in [0.25, 0.3) is 0 Å². The molecule has 1 aromatic heterocycles. The van der Waals surface area contributed by atoms with Crippen molar-refractivity contribution in [3.8, 4) is 0 Å². The molecule has 0 saturated carbocycles. The number of carbonyl (C=O) groups excluding carboxylic acids is 3. The lowest BCUT2D eigenvalue weighted by Gasteiger charge is -2.33. The summed E-state index contributed by atoms with van der Waals surface area (Å²) in [6.07, 6.45) is 1.49. The van der Waals surface area contributed by atoms with Gasteiger partial charge in [0.05, 0.1) is 5.75 Å². The molecule has 31 heavy (non-hydrogen) atoms. The topological polar surface area (TPSA) is 122 Å². The van der Waals surface area contributed by atoms with E-state index in [1.165, 1.54) is 16.4 Å². The van der Waals surface area contributed by atoms with Crippen molar-refractivity contribution in [3.63, 3.8) is 0 Å². The minimum atomic E-state index is -0.187. The number of rotatable bonds is 7. The molecule has 0 radical (unpaired) electrons. The van der Waals surface area contributed by atoms with E-state index in [9.17, 15) is 14.4 Å². The highest BCUT2D eigenvalue weighted by molar-refractivity contribution is 7.99. The fraction of sp³-hybridized carbons (Fsp3) is 0.500. The van der Waals surface area contributed by atoms with Crippen LogP contribution in [-0.2, 0) is 16.6 Å². The molecule has 1 saturated heterocycles. The first-order valence-corrected chi connectivity index (χ1v) is 11.2. The van der Waals surface area contributed by atoms with E-state index in [1.54, 1.807) is 31.3 Å². The van der Waals surface area contributed by atoms with E-state index in [4.69, 9.17) is 0 Å². The van der Waals surface area contributed by atoms with Crippen molar-refractivity contribution in [1.82, 2.24) is 30.4 Å². The second kappa shape index (κ2) is 10.4. The number of aromatic nitrogens is 4. The van der Waals surface area contributed by atoms with Crippen LogP contribution in [0.4, 0.5) is 5.69 Å². The van der Waals surface area contributed by atoms with Gasteiger partial charge in [-0.15, -0.1) is 5.10 Å². The zero-order valence-electron chi connectivity index (χ0n) is 17.9. The molecular weight excluding hydrogens is 418 g/mol. The number of aryl methyl sites for hydroxylation is 1. The second-order valence-corrected chi connectivity index (χ2v) is 8.67. The Hall–Kier alpha value is -2.95. The van der Waals surface area contributed by atoms with E-state index in [0.29, 0.717) is 29.5 Å². The Morgan fingerprint density at radius 3 is 2.42 bits per heavy atom. The van der Waals surface area contributed by atoms with Crippen LogP contribution in [0, 0.1) is 5.92 Å². The summed E-state index contributed by atoms with van der Waals surface area (Å²) in [6, 6.07) is 6.82. The number of amides is 3. The SMILES string of the molecule is CC(C)C(=O)N1CCC(NC(=O)c2ccc(NC(=O)CSc3nnnn3C)cc2)CC1. The van der Waals surface area contributed by atoms with Crippen molar-refractivity contribution in [2.24, 2.45) is 13.0 Å². The Kier molecular flexibility index (Phi) is 7.61. The molecule has 0 spiro atoms. The molecule has 166 valence electrons. The summed E-state index contributed by atoms with van der Waals surface area (Å²) in [5.41, 5.74) is 1.14. The number of hydrogen-bond acceptors (Lipinski definition) is 7. The van der Waals surface area contributed by atoms with E-state index in [0.717, 1.165) is 12.8 Å². The highest BCUT2D eigenvalue weighted by atomic mass is 32.2. The molecule has 11 heteroatoms. The molecule has 0 aliphatic carbocycles. The van der Waals surface area contributed by atoms with Gasteiger partial charge in [-0.2, -0.15) is 0 Å². The zero-order valence-corrected chi connectivity index (χ0v) is 18.7. The normalized spacial score (nSPS) is 14.5. The molecule has 0 atom stereocenters. The Morgan fingerprint density at radius 2 is 1.84 bits per heavy atom. The molecule has 1 aliphatic rings. The summed E-state index contributed by atoms with van der Waals surface area (Å²) in [7, 11) is 1.71. The monoisotopic (exact) mass is 445 g/mol. The molecule has 0 unspecified atom stereocenters. The standard InChI is InChI=1S/C20H27N7O3S/c1-13(2)19(30)27-10-8-16(9-11-27)22-18(29)14-4-6-15(7-5-14)21-17(28)12-31-20-23-24-25-26(20)3/h4-7,13,16H,8-12H2,1-3H3,(H,21,28)(H,22,29). The van der Waals surface area contributed by atoms with Crippen LogP contribution < -0.4 is 10.6 Å². The van der Waals surface area contributed by atoms with Crippen LogP contribution in [0.2, 0.25) is 0 Å². The minimum Gasteiger partial charge on any atom is -0.349 e. The summed E-state index contributed by atoms with van der Waals surface area (Å²) in [5, 5.41) is 17.4. The molecule has 3 amide bonds. The predicted molar refractivity (Wildman–Crippen MR) is 116 cm³/mol. The maximum absolute atomic E-state index is 12.5. The van der Waals surface area contributed by atoms with E-state index in [1.807, 2.05) is 18.7 Å². The van der Waals surface area contributed by atoms with Crippen LogP contribution in [0.3, 0.4) is 0 Å². The summed E-state index contributed by atoms with van der Waals surface area (Å²) < 4.78 is 1.50. The van der Waals surface area contributed by atoms with Crippen LogP contribution in [0.1, 0.15) is 37.0 Å². The molecule has 2 aromatic rings. The van der Waals surface area contributed by atoms with Crippen molar-refractivity contribution in [3.05, 3.63) is 29.8 Å². The van der Waals surface area contributed by atoms with Gasteiger partial charge in [0, 0.05) is 43.3 Å². The van der Waals surface area contributed by atoms with Gasteiger partial charge in [-0.3, -0.25) is 14.4 Å². The number of nitrogens with zero attached hydrogens (tertiary/aromatic N) is 5. The molecule has 0 bridgehead atoms. The van der Waals surface area contributed by atoms with Gasteiger partial charge in [0.1, 0.15) is 0 Å². The van der Waals surface area contributed by atoms with Crippen molar-refractivity contribution < 1.29 is 14.4 Å². The largest absolute Gasteiger partial charge is 0.349 e. The molecule has 2 heterocycles. The second-order valence-electron chi connectivity index (χ2n) is 7.73. The number of tetrazole rings is 1. The number of anilines is 1. The predicted octanol–water partition coefficient (Wildman–Crippen LogP) is 1.32. The Morgan fingerprint density at radius 1 is 1.16 bits per heavy atom. The molecule has 10 nitrogen and oxygen atoms in total. The highest BCUT2D eigenvalue weighted by Gasteiger charge is 2.25. The third-order valence-corrected chi connectivity index (χ3v) is 5.99. The van der Waals surface area contributed by atoms with Crippen LogP contribution in [-0.4, -0.2) is 67.7 Å². The van der Waals surface area contributed by atoms with Crippen LogP contribution in [0.15, 0.2) is 29.4 Å². The summed E-state index contributed by atoms with van der Waals surface area (Å²) in [4.78, 5) is 38.6. The average molecular weight is 446 g/mol. The lowest BCUT2D eigenvalue weighted by molar-refractivity contribution is -0.135. The lowest BCUT2D eigenvalue weighted by atomic mass is 10.0. The Balaban J connectivity index is 1.44. The van der Waals surface area contributed by atoms with Crippen molar-refractivity contribution in [1.29, 1.82) is 0 Å². The number of thioether (sulfide) groups is 1. The number of nitrogens with one attached hydrogen (secondary N) is 2. The first-order valence-electron chi connectivity index (χ1n) is 10.2. The van der Waals surface area contributed by atoms with Gasteiger partial charge >= 0.3 is 0 Å². The van der Waals surface area contributed by atoms with Gasteiger partial charge < -0.3 is 15.5 Å². The summed E-state index contributed by atoms with van der Waals surface area (Å²) in [6.45, 7) is 5.12. The number of benzene rings is 1. The smallest absolute Gasteiger partial charge is 0.251 e. The van der Waals surface area contributed by atoms with Gasteiger partial charge in [-0.05, 0) is 47.5 Å². The van der Waals surface area contributed by atoms with Crippen molar-refractivity contribution in [2.75, 3.05) is 24.2 Å². The van der Waals surface area contributed by atoms with Gasteiger partial charge in [-0.25, -0.2) is 4.68 Å². The maximum Gasteiger partial charge on any atom is 0.251 e. The molecule has 2 N–H and O–H groups in total.